The zero-order valence-electron chi connectivity index (χ0n) is 9.79. The summed E-state index contributed by atoms with van der Waals surface area (Å²) in [5.41, 5.74) is 0.179. The zero-order valence-corrected chi connectivity index (χ0v) is 10.6. The number of esters is 1. The van der Waals surface area contributed by atoms with Gasteiger partial charge < -0.3 is 4.74 Å². The summed E-state index contributed by atoms with van der Waals surface area (Å²) in [6, 6.07) is 2.27. The molecule has 0 aliphatic rings. The Balaban J connectivity index is 2.94. The predicted octanol–water partition coefficient (Wildman–Crippen LogP) is 4.92. The van der Waals surface area contributed by atoms with Gasteiger partial charge in [0.25, 0.3) is 0 Å². The van der Waals surface area contributed by atoms with Crippen molar-refractivity contribution < 1.29 is 29.0 Å². The highest BCUT2D eigenvalue weighted by Gasteiger charge is 2.65. The molecule has 1 aromatic carbocycles. The molecule has 1 aromatic rings. The van der Waals surface area contributed by atoms with E-state index in [1.807, 2.05) is 0 Å². The van der Waals surface area contributed by atoms with Crippen molar-refractivity contribution in [1.82, 2.24) is 0 Å². The van der Waals surface area contributed by atoms with E-state index in [-0.39, 0.29) is 24.3 Å². The summed E-state index contributed by atoms with van der Waals surface area (Å²) in [5.74, 6) is -0.667. The highest BCUT2D eigenvalue weighted by molar-refractivity contribution is 8.45. The lowest BCUT2D eigenvalue weighted by atomic mass is 10.2. The van der Waals surface area contributed by atoms with Gasteiger partial charge in [0.1, 0.15) is 4.90 Å². The second-order valence-corrected chi connectivity index (χ2v) is 6.03. The molecule has 108 valence electrons. The molecule has 0 unspecified atom stereocenters. The van der Waals surface area contributed by atoms with Crippen molar-refractivity contribution in [3.05, 3.63) is 35.9 Å². The summed E-state index contributed by atoms with van der Waals surface area (Å²) in [4.78, 5) is 8.98. The van der Waals surface area contributed by atoms with Gasteiger partial charge in [0.15, 0.2) is 0 Å². The van der Waals surface area contributed by atoms with E-state index in [9.17, 15) is 24.2 Å². The van der Waals surface area contributed by atoms with Crippen LogP contribution in [0.2, 0.25) is 0 Å². The lowest BCUT2D eigenvalue weighted by Crippen LogP contribution is -2.05. The minimum absolute atomic E-state index is 0.159. The first-order valence-electron chi connectivity index (χ1n) is 5.11. The van der Waals surface area contributed by atoms with Crippen LogP contribution < -0.4 is 0 Å². The van der Waals surface area contributed by atoms with E-state index < -0.39 is 21.1 Å². The Morgan fingerprint density at radius 2 is 1.68 bits per heavy atom. The van der Waals surface area contributed by atoms with Crippen molar-refractivity contribution in [2.45, 2.75) is 11.8 Å². The number of halogens is 5. The van der Waals surface area contributed by atoms with Crippen molar-refractivity contribution in [1.29, 1.82) is 0 Å². The van der Waals surface area contributed by atoms with Gasteiger partial charge in [0, 0.05) is 6.08 Å². The van der Waals surface area contributed by atoms with E-state index >= 15 is 0 Å². The van der Waals surface area contributed by atoms with Crippen LogP contribution in [0.25, 0.3) is 6.08 Å². The van der Waals surface area contributed by atoms with E-state index in [4.69, 9.17) is 0 Å². The van der Waals surface area contributed by atoms with Crippen molar-refractivity contribution in [2.24, 2.45) is 0 Å². The smallest absolute Gasteiger partial charge is 0.330 e. The van der Waals surface area contributed by atoms with Crippen LogP contribution in [0.5, 0.6) is 0 Å². The van der Waals surface area contributed by atoms with Gasteiger partial charge >= 0.3 is 16.2 Å². The fourth-order valence-corrected chi connectivity index (χ4v) is 1.84. The van der Waals surface area contributed by atoms with Crippen molar-refractivity contribution in [2.75, 3.05) is 6.61 Å². The van der Waals surface area contributed by atoms with Gasteiger partial charge in [-0.05, 0) is 30.7 Å². The Labute approximate surface area is 106 Å². The first-order valence-corrected chi connectivity index (χ1v) is 7.06. The number of carbonyl (C=O) groups excluding carboxylic acids is 1. The molecule has 0 heterocycles. The Kier molecular flexibility index (Phi) is 3.44. The summed E-state index contributed by atoms with van der Waals surface area (Å²) in [6.45, 7) is 1.75. The molecule has 8 heteroatoms. The van der Waals surface area contributed by atoms with Crippen LogP contribution in [0.3, 0.4) is 0 Å². The number of rotatable bonds is 4. The standard InChI is InChI=1S/C11H11F5O2S/c1-2-18-11(17)8-5-9-3-6-10(7-4-9)19(12,13,14,15)16/h3-8H,2H2,1H3/b8-5+. The number of carbonyl (C=O) groups is 1. The molecule has 0 aliphatic carbocycles. The molecule has 0 amide bonds. The number of ether oxygens (including phenoxy) is 1. The molecule has 2 nitrogen and oxygen atoms in total. The summed E-state index contributed by atoms with van der Waals surface area (Å²) < 4.78 is 66.6. The first-order chi connectivity index (χ1) is 8.42. The average molecular weight is 302 g/mol. The number of benzene rings is 1. The maximum absolute atomic E-state index is 12.4. The molecule has 0 spiro atoms. The quantitative estimate of drug-likeness (QED) is 0.448. The van der Waals surface area contributed by atoms with E-state index in [1.54, 1.807) is 6.92 Å². The Morgan fingerprint density at radius 1 is 1.16 bits per heavy atom. The molecule has 0 saturated heterocycles. The molecule has 0 fully saturated rings. The van der Waals surface area contributed by atoms with Gasteiger partial charge in [-0.3, -0.25) is 0 Å². The van der Waals surface area contributed by atoms with Crippen molar-refractivity contribution in [3.63, 3.8) is 0 Å². The number of hydrogen-bond acceptors (Lipinski definition) is 2. The minimum atomic E-state index is -9.63. The predicted molar refractivity (Wildman–Crippen MR) is 63.5 cm³/mol. The third kappa shape index (κ3) is 4.90. The van der Waals surface area contributed by atoms with Gasteiger partial charge in [-0.1, -0.05) is 31.6 Å². The fraction of sp³-hybridized carbons (Fsp3) is 0.182. The average Bonchev–Trinajstić information content (AvgIpc) is 2.24. The van der Waals surface area contributed by atoms with Crippen LogP contribution in [0.1, 0.15) is 12.5 Å². The Morgan fingerprint density at radius 3 is 2.11 bits per heavy atom. The highest BCUT2D eigenvalue weighted by atomic mass is 32.5. The minimum Gasteiger partial charge on any atom is -0.463 e. The fourth-order valence-electron chi connectivity index (χ4n) is 1.19. The van der Waals surface area contributed by atoms with E-state index in [1.165, 1.54) is 6.08 Å². The molecular formula is C11H11F5O2S. The van der Waals surface area contributed by atoms with Gasteiger partial charge in [0.05, 0.1) is 6.61 Å². The van der Waals surface area contributed by atoms with Crippen LogP contribution >= 0.6 is 10.2 Å². The van der Waals surface area contributed by atoms with Crippen LogP contribution in [0, 0.1) is 0 Å². The van der Waals surface area contributed by atoms with Crippen LogP contribution in [0.15, 0.2) is 35.2 Å². The lowest BCUT2D eigenvalue weighted by molar-refractivity contribution is -0.137. The second-order valence-electron chi connectivity index (χ2n) is 3.62. The third-order valence-electron chi connectivity index (χ3n) is 2.02. The summed E-state index contributed by atoms with van der Waals surface area (Å²) in [7, 11) is -9.63. The topological polar surface area (TPSA) is 26.3 Å². The van der Waals surface area contributed by atoms with Gasteiger partial charge in [-0.15, -0.1) is 0 Å². The largest absolute Gasteiger partial charge is 0.463 e. The molecule has 0 N–H and O–H groups in total. The normalized spacial score (nSPS) is 15.9. The molecule has 0 aromatic heterocycles. The van der Waals surface area contributed by atoms with Crippen molar-refractivity contribution in [3.8, 4) is 0 Å². The van der Waals surface area contributed by atoms with Crippen LogP contribution in [-0.2, 0) is 9.53 Å². The first kappa shape index (κ1) is 15.5. The Bertz CT molecular complexity index is 504. The SMILES string of the molecule is CCOC(=O)/C=C/c1ccc(S(F)(F)(F)(F)F)cc1. The zero-order chi connectivity index (χ0) is 14.8. The Hall–Kier alpha value is -1.57. The van der Waals surface area contributed by atoms with Gasteiger partial charge in [-0.25, -0.2) is 4.79 Å². The molecule has 19 heavy (non-hydrogen) atoms. The van der Waals surface area contributed by atoms with E-state index in [0.717, 1.165) is 18.2 Å². The van der Waals surface area contributed by atoms with Gasteiger partial charge in [0.2, 0.25) is 0 Å². The number of hydrogen-bond donors (Lipinski definition) is 0. The monoisotopic (exact) mass is 302 g/mol. The summed E-state index contributed by atoms with van der Waals surface area (Å²) >= 11 is 0. The lowest BCUT2D eigenvalue weighted by Gasteiger charge is -2.40. The maximum atomic E-state index is 12.4. The molecule has 1 rings (SSSR count). The van der Waals surface area contributed by atoms with Crippen LogP contribution in [0.4, 0.5) is 19.4 Å². The maximum Gasteiger partial charge on any atom is 0.330 e. The molecule has 0 aliphatic heterocycles. The molecule has 0 atom stereocenters. The molecular weight excluding hydrogens is 291 g/mol. The molecule has 0 saturated carbocycles. The van der Waals surface area contributed by atoms with E-state index in [0.29, 0.717) is 0 Å². The third-order valence-corrected chi connectivity index (χ3v) is 3.19. The van der Waals surface area contributed by atoms with E-state index in [2.05, 4.69) is 4.74 Å². The highest BCUT2D eigenvalue weighted by Crippen LogP contribution is 3.02. The summed E-state index contributed by atoms with van der Waals surface area (Å²) in [6.07, 6.45) is 2.17. The van der Waals surface area contributed by atoms with Gasteiger partial charge in [-0.2, -0.15) is 0 Å². The molecule has 0 bridgehead atoms. The second kappa shape index (κ2) is 4.22. The van der Waals surface area contributed by atoms with Crippen molar-refractivity contribution >= 4 is 22.3 Å². The summed E-state index contributed by atoms with van der Waals surface area (Å²) in [5, 5.41) is 0. The molecule has 0 radical (unpaired) electrons. The van der Waals surface area contributed by atoms with Crippen LogP contribution in [-0.4, -0.2) is 12.6 Å².